The zero-order valence-electron chi connectivity index (χ0n) is 10.2. The first kappa shape index (κ1) is 14.5. The van der Waals surface area contributed by atoms with Crippen molar-refractivity contribution in [3.8, 4) is 0 Å². The molecule has 1 aromatic rings. The van der Waals surface area contributed by atoms with Gasteiger partial charge in [-0.3, -0.25) is 9.59 Å². The summed E-state index contributed by atoms with van der Waals surface area (Å²) in [4.78, 5) is 40.3. The number of hydrogen-bond donors (Lipinski definition) is 4. The lowest BCUT2D eigenvalue weighted by molar-refractivity contribution is -0.140. The molecule has 1 atom stereocenters. The second kappa shape index (κ2) is 6.38. The molecule has 19 heavy (non-hydrogen) atoms. The molecule has 0 saturated carbocycles. The van der Waals surface area contributed by atoms with E-state index in [1.807, 2.05) is 0 Å². The molecule has 0 aliphatic rings. The highest BCUT2D eigenvalue weighted by Crippen LogP contribution is 2.06. The molecule has 0 aliphatic heterocycles. The highest BCUT2D eigenvalue weighted by molar-refractivity contribution is 5.84. The van der Waals surface area contributed by atoms with Gasteiger partial charge >= 0.3 is 18.0 Å². The number of hydrogen-bond acceptors (Lipinski definition) is 4. The van der Waals surface area contributed by atoms with Crippen LogP contribution in [0.1, 0.15) is 18.8 Å². The average molecular weight is 270 g/mol. The first-order chi connectivity index (χ1) is 8.90. The first-order valence-corrected chi connectivity index (χ1v) is 5.38. The van der Waals surface area contributed by atoms with Crippen LogP contribution in [0.5, 0.6) is 0 Å². The van der Waals surface area contributed by atoms with Crippen LogP contribution in [-0.2, 0) is 9.59 Å². The van der Waals surface area contributed by atoms with Crippen molar-refractivity contribution in [2.75, 3.05) is 13.1 Å². The van der Waals surface area contributed by atoms with E-state index in [1.165, 1.54) is 6.20 Å². The number of carbonyl (C=O) groups excluding carboxylic acids is 1. The van der Waals surface area contributed by atoms with Crippen molar-refractivity contribution in [1.82, 2.24) is 20.2 Å². The molecule has 0 spiro atoms. The number of rotatable bonds is 6. The maximum Gasteiger partial charge on any atom is 0.323 e. The molecule has 1 aromatic heterocycles. The Morgan fingerprint density at radius 3 is 2.37 bits per heavy atom. The topological polar surface area (TPSA) is 136 Å². The van der Waals surface area contributed by atoms with Crippen LogP contribution in [0.15, 0.2) is 12.4 Å². The van der Waals surface area contributed by atoms with Gasteiger partial charge in [0.15, 0.2) is 0 Å². The van der Waals surface area contributed by atoms with Gasteiger partial charge in [-0.05, 0) is 6.92 Å². The van der Waals surface area contributed by atoms with Gasteiger partial charge in [-0.1, -0.05) is 0 Å². The van der Waals surface area contributed by atoms with Crippen LogP contribution in [-0.4, -0.2) is 56.1 Å². The number of urea groups is 1. The van der Waals surface area contributed by atoms with Crippen molar-refractivity contribution in [3.63, 3.8) is 0 Å². The summed E-state index contributed by atoms with van der Waals surface area (Å²) in [7, 11) is 0. The maximum absolute atomic E-state index is 11.8. The normalized spacial score (nSPS) is 11.6. The number of aromatic nitrogens is 2. The zero-order valence-corrected chi connectivity index (χ0v) is 10.2. The van der Waals surface area contributed by atoms with Gasteiger partial charge in [0.1, 0.15) is 18.9 Å². The summed E-state index contributed by atoms with van der Waals surface area (Å²) >= 11 is 0. The Morgan fingerprint density at radius 2 is 1.95 bits per heavy atom. The molecule has 2 amide bonds. The third kappa shape index (κ3) is 4.66. The molecule has 9 nitrogen and oxygen atoms in total. The number of imidazole rings is 1. The molecule has 0 aromatic carbocycles. The van der Waals surface area contributed by atoms with Crippen LogP contribution in [0.25, 0.3) is 0 Å². The van der Waals surface area contributed by atoms with Crippen LogP contribution in [0.3, 0.4) is 0 Å². The van der Waals surface area contributed by atoms with Crippen molar-refractivity contribution in [2.24, 2.45) is 0 Å². The largest absolute Gasteiger partial charge is 0.480 e. The number of H-pyrrole nitrogens is 1. The standard InChI is InChI=1S/C10H14N4O5/c1-6(9-11-2-3-12-9)13-10(19)14(4-7(15)16)5-8(17)18/h2-3,6H,4-5H2,1H3,(H,11,12)(H,13,19)(H,15,16)(H,17,18). The molecular weight excluding hydrogens is 256 g/mol. The monoisotopic (exact) mass is 270 g/mol. The minimum absolute atomic E-state index is 0.485. The Morgan fingerprint density at radius 1 is 1.37 bits per heavy atom. The predicted molar refractivity (Wildman–Crippen MR) is 62.4 cm³/mol. The Kier molecular flexibility index (Phi) is 4.86. The van der Waals surface area contributed by atoms with Gasteiger partial charge in [-0.25, -0.2) is 9.78 Å². The quantitative estimate of drug-likeness (QED) is 0.558. The summed E-state index contributed by atoms with van der Waals surface area (Å²) in [5, 5.41) is 19.7. The number of carboxylic acid groups (broad SMARTS) is 2. The number of nitrogens with zero attached hydrogens (tertiary/aromatic N) is 2. The zero-order chi connectivity index (χ0) is 14.4. The Hall–Kier alpha value is -2.58. The van der Waals surface area contributed by atoms with Crippen molar-refractivity contribution in [3.05, 3.63) is 18.2 Å². The Balaban J connectivity index is 2.65. The fraction of sp³-hybridized carbons (Fsp3) is 0.400. The van der Waals surface area contributed by atoms with Crippen LogP contribution in [0.4, 0.5) is 4.79 Å². The fourth-order valence-corrected chi connectivity index (χ4v) is 1.39. The predicted octanol–water partition coefficient (Wildman–Crippen LogP) is -0.348. The van der Waals surface area contributed by atoms with E-state index in [-0.39, 0.29) is 0 Å². The van der Waals surface area contributed by atoms with E-state index in [9.17, 15) is 14.4 Å². The third-order valence-electron chi connectivity index (χ3n) is 2.21. The van der Waals surface area contributed by atoms with E-state index >= 15 is 0 Å². The van der Waals surface area contributed by atoms with E-state index in [2.05, 4.69) is 15.3 Å². The van der Waals surface area contributed by atoms with E-state index in [1.54, 1.807) is 13.1 Å². The number of aromatic amines is 1. The van der Waals surface area contributed by atoms with Gasteiger partial charge in [0, 0.05) is 12.4 Å². The van der Waals surface area contributed by atoms with Gasteiger partial charge in [0.05, 0.1) is 6.04 Å². The highest BCUT2D eigenvalue weighted by Gasteiger charge is 2.21. The summed E-state index contributed by atoms with van der Waals surface area (Å²) in [5.74, 6) is -2.09. The summed E-state index contributed by atoms with van der Waals surface area (Å²) in [5.41, 5.74) is 0. The summed E-state index contributed by atoms with van der Waals surface area (Å²) < 4.78 is 0. The van der Waals surface area contributed by atoms with Crippen molar-refractivity contribution in [2.45, 2.75) is 13.0 Å². The Labute approximate surface area is 108 Å². The molecule has 0 radical (unpaired) electrons. The maximum atomic E-state index is 11.8. The minimum atomic E-state index is -1.29. The van der Waals surface area contributed by atoms with Gasteiger partial charge in [0.25, 0.3) is 0 Å². The van der Waals surface area contributed by atoms with Gasteiger partial charge in [0.2, 0.25) is 0 Å². The lowest BCUT2D eigenvalue weighted by Crippen LogP contribution is -2.46. The van der Waals surface area contributed by atoms with Crippen LogP contribution >= 0.6 is 0 Å². The number of nitrogens with one attached hydrogen (secondary N) is 2. The van der Waals surface area contributed by atoms with Crippen molar-refractivity contribution < 1.29 is 24.6 Å². The smallest absolute Gasteiger partial charge is 0.323 e. The molecule has 4 N–H and O–H groups in total. The van der Waals surface area contributed by atoms with Crippen molar-refractivity contribution in [1.29, 1.82) is 0 Å². The molecule has 0 bridgehead atoms. The van der Waals surface area contributed by atoms with Gasteiger partial charge in [-0.15, -0.1) is 0 Å². The van der Waals surface area contributed by atoms with E-state index in [0.717, 1.165) is 0 Å². The minimum Gasteiger partial charge on any atom is -0.480 e. The molecule has 104 valence electrons. The number of carboxylic acids is 2. The molecular formula is C10H14N4O5. The average Bonchev–Trinajstić information content (AvgIpc) is 2.79. The second-order valence-corrected chi connectivity index (χ2v) is 3.79. The van der Waals surface area contributed by atoms with E-state index in [4.69, 9.17) is 10.2 Å². The summed E-state index contributed by atoms with van der Waals surface area (Å²) in [6.07, 6.45) is 3.08. The highest BCUT2D eigenvalue weighted by atomic mass is 16.4. The van der Waals surface area contributed by atoms with Gasteiger partial charge < -0.3 is 25.4 Å². The van der Waals surface area contributed by atoms with Crippen LogP contribution in [0.2, 0.25) is 0 Å². The number of carbonyl (C=O) groups is 3. The third-order valence-corrected chi connectivity index (χ3v) is 2.21. The summed E-state index contributed by atoms with van der Waals surface area (Å²) in [6, 6.07) is -1.28. The fourth-order valence-electron chi connectivity index (χ4n) is 1.39. The summed E-state index contributed by atoms with van der Waals surface area (Å²) in [6.45, 7) is 0.252. The SMILES string of the molecule is CC(NC(=O)N(CC(=O)O)CC(=O)O)c1ncc[nH]1. The van der Waals surface area contributed by atoms with E-state index < -0.39 is 37.1 Å². The first-order valence-electron chi connectivity index (χ1n) is 5.38. The van der Waals surface area contributed by atoms with Crippen LogP contribution < -0.4 is 5.32 Å². The number of aliphatic carboxylic acids is 2. The molecule has 0 aliphatic carbocycles. The Bertz CT molecular complexity index is 442. The van der Waals surface area contributed by atoms with Gasteiger partial charge in [-0.2, -0.15) is 0 Å². The molecule has 1 heterocycles. The lowest BCUT2D eigenvalue weighted by Gasteiger charge is -2.21. The number of amides is 2. The van der Waals surface area contributed by atoms with Crippen molar-refractivity contribution >= 4 is 18.0 Å². The second-order valence-electron chi connectivity index (χ2n) is 3.79. The lowest BCUT2D eigenvalue weighted by atomic mass is 10.3. The molecule has 1 unspecified atom stereocenters. The molecule has 0 saturated heterocycles. The molecule has 1 rings (SSSR count). The molecule has 0 fully saturated rings. The molecule has 9 heteroatoms. The van der Waals surface area contributed by atoms with Crippen LogP contribution in [0, 0.1) is 0 Å². The van der Waals surface area contributed by atoms with E-state index in [0.29, 0.717) is 10.7 Å².